The second kappa shape index (κ2) is 5.21. The van der Waals surface area contributed by atoms with Crippen molar-refractivity contribution >= 4 is 12.1 Å². The summed E-state index contributed by atoms with van der Waals surface area (Å²) in [5, 5.41) is 33.4. The molecule has 0 spiro atoms. The third-order valence-electron chi connectivity index (χ3n) is 6.79. The van der Waals surface area contributed by atoms with Crippen LogP contribution in [-0.4, -0.2) is 33.5 Å². The van der Waals surface area contributed by atoms with Crippen molar-refractivity contribution in [3.8, 4) is 11.5 Å². The van der Waals surface area contributed by atoms with E-state index >= 15 is 0 Å². The Balaban J connectivity index is 1.77. The molecule has 1 aromatic carbocycles. The summed E-state index contributed by atoms with van der Waals surface area (Å²) in [5.74, 6) is -0.349. The monoisotopic (exact) mass is 332 g/mol. The van der Waals surface area contributed by atoms with E-state index in [1.165, 1.54) is 24.4 Å². The maximum absolute atomic E-state index is 12.8. The van der Waals surface area contributed by atoms with Gasteiger partial charge in [-0.1, -0.05) is 20.8 Å². The summed E-state index contributed by atoms with van der Waals surface area (Å²) in [4.78, 5) is 12.8. The van der Waals surface area contributed by atoms with Gasteiger partial charge in [0.2, 0.25) is 5.91 Å². The van der Waals surface area contributed by atoms with Crippen molar-refractivity contribution in [3.05, 3.63) is 23.8 Å². The number of amides is 1. The Morgan fingerprint density at radius 3 is 2.54 bits per heavy atom. The van der Waals surface area contributed by atoms with E-state index in [4.69, 9.17) is 0 Å². The largest absolute Gasteiger partial charge is 0.508 e. The van der Waals surface area contributed by atoms with E-state index in [0.29, 0.717) is 12.0 Å². The molecule has 2 aliphatic carbocycles. The van der Waals surface area contributed by atoms with Gasteiger partial charge in [0.15, 0.2) is 0 Å². The van der Waals surface area contributed by atoms with Crippen molar-refractivity contribution in [2.45, 2.75) is 46.1 Å². The Labute approximate surface area is 141 Å². The van der Waals surface area contributed by atoms with Gasteiger partial charge in [-0.15, -0.1) is 0 Å². The van der Waals surface area contributed by atoms with Gasteiger partial charge in [-0.3, -0.25) is 4.79 Å². The van der Waals surface area contributed by atoms with E-state index in [-0.39, 0.29) is 28.2 Å². The van der Waals surface area contributed by atoms with Gasteiger partial charge < -0.3 is 15.3 Å². The van der Waals surface area contributed by atoms with Crippen LogP contribution in [0.1, 0.15) is 45.6 Å². The Hall–Kier alpha value is -2.08. The molecule has 0 aliphatic heterocycles. The number of aliphatic hydroxyl groups is 1. The van der Waals surface area contributed by atoms with E-state index in [0.717, 1.165) is 12.8 Å². The highest BCUT2D eigenvalue weighted by atomic mass is 16.3. The number of hydrazone groups is 1. The fourth-order valence-corrected chi connectivity index (χ4v) is 4.54. The summed E-state index contributed by atoms with van der Waals surface area (Å²) in [6.07, 6.45) is 2.85. The number of phenolic OH excluding ortho intramolecular Hbond substituents is 2. The summed E-state index contributed by atoms with van der Waals surface area (Å²) in [5.41, 5.74) is 1.76. The molecule has 2 aliphatic rings. The van der Waals surface area contributed by atoms with Crippen LogP contribution in [0.2, 0.25) is 0 Å². The van der Waals surface area contributed by atoms with Crippen LogP contribution in [0.3, 0.4) is 0 Å². The predicted octanol–water partition coefficient (Wildman–Crippen LogP) is 2.13. The number of carbonyl (C=O) groups is 1. The first-order valence-corrected chi connectivity index (χ1v) is 8.18. The molecule has 4 N–H and O–H groups in total. The topological polar surface area (TPSA) is 102 Å². The number of rotatable bonds is 3. The lowest BCUT2D eigenvalue weighted by molar-refractivity contribution is -0.136. The third-order valence-corrected chi connectivity index (χ3v) is 6.79. The second-order valence-electron chi connectivity index (χ2n) is 7.79. The molecule has 24 heavy (non-hydrogen) atoms. The zero-order chi connectivity index (χ0) is 17.8. The van der Waals surface area contributed by atoms with E-state index in [9.17, 15) is 20.1 Å². The van der Waals surface area contributed by atoms with Crippen LogP contribution in [-0.2, 0) is 4.79 Å². The van der Waals surface area contributed by atoms with Crippen LogP contribution in [0.15, 0.2) is 23.3 Å². The second-order valence-corrected chi connectivity index (χ2v) is 7.79. The molecule has 0 aromatic heterocycles. The van der Waals surface area contributed by atoms with Crippen molar-refractivity contribution < 1.29 is 20.1 Å². The highest BCUT2D eigenvalue weighted by Crippen LogP contribution is 2.72. The molecule has 6 nitrogen and oxygen atoms in total. The van der Waals surface area contributed by atoms with Crippen LogP contribution in [0.4, 0.5) is 0 Å². The number of aliphatic hydroxyl groups excluding tert-OH is 1. The molecular weight excluding hydrogens is 308 g/mol. The number of fused-ring (bicyclic) bond motifs is 2. The summed E-state index contributed by atoms with van der Waals surface area (Å²) in [6.45, 7) is 6.15. The molecule has 0 heterocycles. The Kier molecular flexibility index (Phi) is 3.64. The fraction of sp³-hybridized carbons (Fsp3) is 0.556. The number of nitrogens with zero attached hydrogens (tertiary/aromatic N) is 1. The van der Waals surface area contributed by atoms with Crippen molar-refractivity contribution in [1.29, 1.82) is 0 Å². The fourth-order valence-electron chi connectivity index (χ4n) is 4.54. The van der Waals surface area contributed by atoms with Crippen molar-refractivity contribution in [2.24, 2.45) is 21.3 Å². The van der Waals surface area contributed by atoms with Gasteiger partial charge in [-0.2, -0.15) is 5.10 Å². The Morgan fingerprint density at radius 2 is 2.00 bits per heavy atom. The normalized spacial score (nSPS) is 33.9. The SMILES string of the molecule is CC1(C)[C@@]2(C(=O)N/N=C\c3ccc(O)cc3O)CC[C@]1(C)[C@H](O)C2. The first-order chi connectivity index (χ1) is 11.1. The minimum atomic E-state index is -0.629. The van der Waals surface area contributed by atoms with Gasteiger partial charge in [0.05, 0.1) is 17.7 Å². The lowest BCUT2D eigenvalue weighted by Gasteiger charge is -2.39. The van der Waals surface area contributed by atoms with Crippen molar-refractivity contribution in [3.63, 3.8) is 0 Å². The highest BCUT2D eigenvalue weighted by Gasteiger charge is 2.72. The van der Waals surface area contributed by atoms with Gasteiger partial charge in [-0.25, -0.2) is 5.43 Å². The smallest absolute Gasteiger partial charge is 0.246 e. The summed E-state index contributed by atoms with van der Waals surface area (Å²) < 4.78 is 0. The number of nitrogens with one attached hydrogen (secondary N) is 1. The lowest BCUT2D eigenvalue weighted by Crippen LogP contribution is -2.45. The quantitative estimate of drug-likeness (QED) is 0.503. The predicted molar refractivity (Wildman–Crippen MR) is 89.7 cm³/mol. The number of aromatic hydroxyl groups is 2. The number of hydrogen-bond donors (Lipinski definition) is 4. The molecule has 2 saturated carbocycles. The zero-order valence-corrected chi connectivity index (χ0v) is 14.2. The average molecular weight is 332 g/mol. The van der Waals surface area contributed by atoms with Gasteiger partial charge in [0, 0.05) is 11.6 Å². The molecule has 0 radical (unpaired) electrons. The van der Waals surface area contributed by atoms with E-state index < -0.39 is 11.5 Å². The molecule has 2 bridgehead atoms. The summed E-state index contributed by atoms with van der Waals surface area (Å²) >= 11 is 0. The maximum Gasteiger partial charge on any atom is 0.246 e. The first-order valence-electron chi connectivity index (χ1n) is 8.18. The van der Waals surface area contributed by atoms with Crippen LogP contribution >= 0.6 is 0 Å². The zero-order valence-electron chi connectivity index (χ0n) is 14.2. The summed E-state index contributed by atoms with van der Waals surface area (Å²) in [7, 11) is 0. The standard InChI is InChI=1S/C18H24N2O4/c1-16(2)17(3)6-7-18(16,9-14(17)23)15(24)20-19-10-11-4-5-12(21)8-13(11)22/h4-5,8,10,14,21-23H,6-7,9H2,1-3H3,(H,20,24)/b19-10-/t14-,17-,18+/m1/s1. The number of carbonyl (C=O) groups excluding carboxylic acids is 1. The minimum Gasteiger partial charge on any atom is -0.508 e. The maximum atomic E-state index is 12.8. The molecule has 3 rings (SSSR count). The lowest BCUT2D eigenvalue weighted by atomic mass is 9.64. The van der Waals surface area contributed by atoms with Crippen LogP contribution in [0.5, 0.6) is 11.5 Å². The molecule has 1 amide bonds. The number of benzene rings is 1. The van der Waals surface area contributed by atoms with Crippen LogP contribution in [0, 0.1) is 16.2 Å². The van der Waals surface area contributed by atoms with Gasteiger partial charge in [0.1, 0.15) is 11.5 Å². The molecule has 6 heteroatoms. The van der Waals surface area contributed by atoms with Crippen LogP contribution in [0.25, 0.3) is 0 Å². The van der Waals surface area contributed by atoms with Crippen LogP contribution < -0.4 is 5.43 Å². The first kappa shape index (κ1) is 16.8. The third kappa shape index (κ3) is 2.05. The van der Waals surface area contributed by atoms with Gasteiger partial charge in [0.25, 0.3) is 0 Å². The van der Waals surface area contributed by atoms with Gasteiger partial charge >= 0.3 is 0 Å². The van der Waals surface area contributed by atoms with E-state index in [1.54, 1.807) is 0 Å². The molecule has 3 atom stereocenters. The Morgan fingerprint density at radius 1 is 1.29 bits per heavy atom. The van der Waals surface area contributed by atoms with Gasteiger partial charge in [-0.05, 0) is 42.2 Å². The summed E-state index contributed by atoms with van der Waals surface area (Å²) in [6, 6.07) is 4.15. The van der Waals surface area contributed by atoms with E-state index in [2.05, 4.69) is 17.5 Å². The number of phenols is 2. The van der Waals surface area contributed by atoms with Crippen molar-refractivity contribution in [1.82, 2.24) is 5.43 Å². The molecule has 2 fully saturated rings. The molecule has 130 valence electrons. The molecule has 0 saturated heterocycles. The van der Waals surface area contributed by atoms with E-state index in [1.807, 2.05) is 13.8 Å². The molecular formula is C18H24N2O4. The Bertz CT molecular complexity index is 715. The van der Waals surface area contributed by atoms with Crippen molar-refractivity contribution in [2.75, 3.05) is 0 Å². The minimum absolute atomic E-state index is 0.0421. The average Bonchev–Trinajstić information content (AvgIpc) is 2.79. The molecule has 1 aromatic rings. The number of hydrogen-bond acceptors (Lipinski definition) is 5. The molecule has 0 unspecified atom stereocenters. The highest BCUT2D eigenvalue weighted by molar-refractivity contribution is 5.88.